The summed E-state index contributed by atoms with van der Waals surface area (Å²) in [7, 11) is 0. The highest BCUT2D eigenvalue weighted by Crippen LogP contribution is 2.29. The van der Waals surface area contributed by atoms with Crippen molar-refractivity contribution in [2.24, 2.45) is 0 Å². The number of aromatic nitrogens is 1. The molecule has 0 bridgehead atoms. The van der Waals surface area contributed by atoms with Crippen LogP contribution in [0.3, 0.4) is 0 Å². The lowest BCUT2D eigenvalue weighted by atomic mass is 10.2. The molecule has 0 saturated carbocycles. The number of hydrogen-bond donors (Lipinski definition) is 1. The van der Waals surface area contributed by atoms with E-state index in [-0.39, 0.29) is 5.02 Å². The molecular formula is C14H14ClFN2O. The van der Waals surface area contributed by atoms with Crippen LogP contribution in [0.1, 0.15) is 12.5 Å². The van der Waals surface area contributed by atoms with Crippen LogP contribution < -0.4 is 10.1 Å². The van der Waals surface area contributed by atoms with Gasteiger partial charge >= 0.3 is 0 Å². The zero-order chi connectivity index (χ0) is 13.7. The van der Waals surface area contributed by atoms with Crippen LogP contribution in [0.15, 0.2) is 36.7 Å². The van der Waals surface area contributed by atoms with Gasteiger partial charge in [0.25, 0.3) is 0 Å². The molecule has 0 aliphatic heterocycles. The molecule has 0 aliphatic carbocycles. The normalized spacial score (nSPS) is 10.5. The molecule has 1 heterocycles. The number of pyridine rings is 1. The Morgan fingerprint density at radius 3 is 2.89 bits per heavy atom. The third kappa shape index (κ3) is 3.91. The predicted octanol–water partition coefficient (Wildman–Crippen LogP) is 3.78. The van der Waals surface area contributed by atoms with Gasteiger partial charge in [-0.3, -0.25) is 4.98 Å². The Balaban J connectivity index is 2.14. The predicted molar refractivity (Wildman–Crippen MR) is 73.1 cm³/mol. The summed E-state index contributed by atoms with van der Waals surface area (Å²) in [5.41, 5.74) is 1.01. The first-order valence-electron chi connectivity index (χ1n) is 5.96. The standard InChI is InChI=1S/C14H14ClFN2O/c1-2-17-7-10-5-12(9-18-8-10)19-14-4-3-11(16)6-13(14)15/h3-6,8-9,17H,2,7H2,1H3. The van der Waals surface area contributed by atoms with Gasteiger partial charge < -0.3 is 10.1 Å². The van der Waals surface area contributed by atoms with Crippen molar-refractivity contribution in [1.29, 1.82) is 0 Å². The lowest BCUT2D eigenvalue weighted by Gasteiger charge is -2.08. The minimum atomic E-state index is -0.392. The Kier molecular flexibility index (Phi) is 4.71. The lowest BCUT2D eigenvalue weighted by Crippen LogP contribution is -2.11. The largest absolute Gasteiger partial charge is 0.454 e. The van der Waals surface area contributed by atoms with Gasteiger partial charge in [0, 0.05) is 12.7 Å². The highest BCUT2D eigenvalue weighted by atomic mass is 35.5. The summed E-state index contributed by atoms with van der Waals surface area (Å²) in [6.07, 6.45) is 3.36. The molecule has 0 unspecified atom stereocenters. The summed E-state index contributed by atoms with van der Waals surface area (Å²) in [6.45, 7) is 3.64. The number of nitrogens with zero attached hydrogens (tertiary/aromatic N) is 1. The summed E-state index contributed by atoms with van der Waals surface area (Å²) < 4.78 is 18.5. The van der Waals surface area contributed by atoms with Crippen LogP contribution in [0.25, 0.3) is 0 Å². The number of ether oxygens (including phenoxy) is 1. The van der Waals surface area contributed by atoms with Crippen LogP contribution in [0, 0.1) is 5.82 Å². The molecule has 100 valence electrons. The molecule has 0 spiro atoms. The Labute approximate surface area is 116 Å². The minimum Gasteiger partial charge on any atom is -0.454 e. The van der Waals surface area contributed by atoms with Crippen molar-refractivity contribution in [3.63, 3.8) is 0 Å². The molecule has 2 aromatic rings. The first-order valence-corrected chi connectivity index (χ1v) is 6.34. The molecule has 19 heavy (non-hydrogen) atoms. The van der Waals surface area contributed by atoms with Crippen molar-refractivity contribution >= 4 is 11.6 Å². The molecule has 1 aromatic heterocycles. The summed E-state index contributed by atoms with van der Waals surface area (Å²) in [6, 6.07) is 5.88. The maximum atomic E-state index is 12.9. The van der Waals surface area contributed by atoms with E-state index >= 15 is 0 Å². The van der Waals surface area contributed by atoms with Crippen LogP contribution in [-0.2, 0) is 6.54 Å². The smallest absolute Gasteiger partial charge is 0.146 e. The molecule has 5 heteroatoms. The minimum absolute atomic E-state index is 0.233. The number of hydrogen-bond acceptors (Lipinski definition) is 3. The van der Waals surface area contributed by atoms with E-state index in [4.69, 9.17) is 16.3 Å². The Bertz CT molecular complexity index is 563. The molecule has 0 saturated heterocycles. The van der Waals surface area contributed by atoms with E-state index in [9.17, 15) is 4.39 Å². The number of benzene rings is 1. The number of nitrogens with one attached hydrogen (secondary N) is 1. The van der Waals surface area contributed by atoms with Crippen molar-refractivity contribution in [3.05, 3.63) is 53.1 Å². The van der Waals surface area contributed by atoms with Crippen LogP contribution in [0.4, 0.5) is 4.39 Å². The van der Waals surface area contributed by atoms with Gasteiger partial charge in [0.1, 0.15) is 17.3 Å². The summed E-state index contributed by atoms with van der Waals surface area (Å²) in [5.74, 6) is 0.589. The summed E-state index contributed by atoms with van der Waals surface area (Å²) in [5, 5.41) is 3.44. The third-order valence-electron chi connectivity index (χ3n) is 2.47. The molecule has 3 nitrogen and oxygen atoms in total. The van der Waals surface area contributed by atoms with Crippen molar-refractivity contribution < 1.29 is 9.13 Å². The molecule has 0 fully saturated rings. The molecule has 0 radical (unpaired) electrons. The monoisotopic (exact) mass is 280 g/mol. The van der Waals surface area contributed by atoms with E-state index in [1.165, 1.54) is 18.2 Å². The first kappa shape index (κ1) is 13.8. The van der Waals surface area contributed by atoms with Gasteiger partial charge in [0.05, 0.1) is 11.2 Å². The summed E-state index contributed by atoms with van der Waals surface area (Å²) in [4.78, 5) is 4.10. The molecule has 0 amide bonds. The van der Waals surface area contributed by atoms with Crippen LogP contribution in [-0.4, -0.2) is 11.5 Å². The molecule has 1 N–H and O–H groups in total. The van der Waals surface area contributed by atoms with E-state index in [1.807, 2.05) is 13.0 Å². The average molecular weight is 281 g/mol. The summed E-state index contributed by atoms with van der Waals surface area (Å²) >= 11 is 5.91. The zero-order valence-corrected chi connectivity index (χ0v) is 11.2. The second-order valence-corrected chi connectivity index (χ2v) is 4.39. The third-order valence-corrected chi connectivity index (χ3v) is 2.77. The molecule has 0 aliphatic rings. The van der Waals surface area contributed by atoms with Gasteiger partial charge in [0.2, 0.25) is 0 Å². The highest BCUT2D eigenvalue weighted by molar-refractivity contribution is 6.32. The van der Waals surface area contributed by atoms with Crippen molar-refractivity contribution in [2.45, 2.75) is 13.5 Å². The van der Waals surface area contributed by atoms with E-state index in [0.29, 0.717) is 11.5 Å². The molecule has 0 atom stereocenters. The van der Waals surface area contributed by atoms with Crippen molar-refractivity contribution in [2.75, 3.05) is 6.54 Å². The maximum Gasteiger partial charge on any atom is 0.146 e. The van der Waals surface area contributed by atoms with Crippen LogP contribution in [0.5, 0.6) is 11.5 Å². The van der Waals surface area contributed by atoms with Gasteiger partial charge in [-0.05, 0) is 36.4 Å². The van der Waals surface area contributed by atoms with Crippen molar-refractivity contribution in [1.82, 2.24) is 10.3 Å². The van der Waals surface area contributed by atoms with Gasteiger partial charge in [-0.2, -0.15) is 0 Å². The lowest BCUT2D eigenvalue weighted by molar-refractivity contribution is 0.477. The van der Waals surface area contributed by atoms with Gasteiger partial charge in [-0.15, -0.1) is 0 Å². The van der Waals surface area contributed by atoms with Crippen LogP contribution in [0.2, 0.25) is 5.02 Å². The van der Waals surface area contributed by atoms with Crippen LogP contribution >= 0.6 is 11.6 Å². The van der Waals surface area contributed by atoms with Gasteiger partial charge in [-0.1, -0.05) is 18.5 Å². The van der Waals surface area contributed by atoms with E-state index < -0.39 is 5.82 Å². The Morgan fingerprint density at radius 1 is 1.32 bits per heavy atom. The molecule has 1 aromatic carbocycles. The second-order valence-electron chi connectivity index (χ2n) is 3.99. The fourth-order valence-electron chi connectivity index (χ4n) is 1.57. The first-order chi connectivity index (χ1) is 9.19. The SMILES string of the molecule is CCNCc1cncc(Oc2ccc(F)cc2Cl)c1. The van der Waals surface area contributed by atoms with Gasteiger partial charge in [0.15, 0.2) is 0 Å². The quantitative estimate of drug-likeness (QED) is 0.905. The maximum absolute atomic E-state index is 12.9. The fraction of sp³-hybridized carbons (Fsp3) is 0.214. The Hall–Kier alpha value is -1.65. The van der Waals surface area contributed by atoms with Gasteiger partial charge in [-0.25, -0.2) is 4.39 Å². The number of halogens is 2. The zero-order valence-electron chi connectivity index (χ0n) is 10.5. The topological polar surface area (TPSA) is 34.2 Å². The highest BCUT2D eigenvalue weighted by Gasteiger charge is 2.05. The van der Waals surface area contributed by atoms with Crippen molar-refractivity contribution in [3.8, 4) is 11.5 Å². The van der Waals surface area contributed by atoms with E-state index in [2.05, 4.69) is 10.3 Å². The molecule has 2 rings (SSSR count). The van der Waals surface area contributed by atoms with E-state index in [0.717, 1.165) is 18.7 Å². The average Bonchev–Trinajstić information content (AvgIpc) is 2.40. The second kappa shape index (κ2) is 6.50. The molecular weight excluding hydrogens is 267 g/mol. The number of rotatable bonds is 5. The van der Waals surface area contributed by atoms with E-state index in [1.54, 1.807) is 12.4 Å². The Morgan fingerprint density at radius 2 is 2.16 bits per heavy atom. The fourth-order valence-corrected chi connectivity index (χ4v) is 1.78.